The first-order valence-corrected chi connectivity index (χ1v) is 3.86. The van der Waals surface area contributed by atoms with Crippen LogP contribution in [0.3, 0.4) is 0 Å². The Labute approximate surface area is 72.8 Å². The number of hydrogen-bond acceptors (Lipinski definition) is 1. The minimum atomic E-state index is -0.912. The Kier molecular flexibility index (Phi) is 2.25. The van der Waals surface area contributed by atoms with Crippen molar-refractivity contribution in [2.45, 2.75) is 19.4 Å². The number of aromatic nitrogens is 1. The van der Waals surface area contributed by atoms with Gasteiger partial charge in [-0.3, -0.25) is 0 Å². The molecular weight excluding hydrogens is 150 g/mol. The molecule has 64 valence electrons. The number of rotatable bonds is 0. The summed E-state index contributed by atoms with van der Waals surface area (Å²) in [7, 11) is 1.92. The quantitative estimate of drug-likeness (QED) is 0.570. The molecule has 0 aliphatic carbocycles. The van der Waals surface area contributed by atoms with Gasteiger partial charge in [-0.1, -0.05) is 5.92 Å². The average Bonchev–Trinajstić information content (AvgIpc) is 2.29. The van der Waals surface area contributed by atoms with Crippen LogP contribution in [0.15, 0.2) is 18.3 Å². The summed E-state index contributed by atoms with van der Waals surface area (Å²) in [5.74, 6) is 5.65. The number of aliphatic hydroxyl groups is 1. The zero-order valence-electron chi connectivity index (χ0n) is 7.63. The highest BCUT2D eigenvalue weighted by atomic mass is 16.3. The van der Waals surface area contributed by atoms with Crippen LogP contribution in [0.4, 0.5) is 0 Å². The van der Waals surface area contributed by atoms with E-state index in [2.05, 4.69) is 11.8 Å². The van der Waals surface area contributed by atoms with E-state index < -0.39 is 5.60 Å². The Morgan fingerprint density at radius 3 is 2.58 bits per heavy atom. The van der Waals surface area contributed by atoms with Crippen LogP contribution in [0, 0.1) is 11.8 Å². The van der Waals surface area contributed by atoms with E-state index in [1.54, 1.807) is 13.8 Å². The minimum Gasteiger partial charge on any atom is -0.378 e. The lowest BCUT2D eigenvalue weighted by atomic mass is 10.1. The molecular formula is C10H13NO. The molecule has 0 saturated carbocycles. The van der Waals surface area contributed by atoms with Gasteiger partial charge in [0.05, 0.1) is 5.69 Å². The summed E-state index contributed by atoms with van der Waals surface area (Å²) in [6.07, 6.45) is 1.92. The van der Waals surface area contributed by atoms with Crippen molar-refractivity contribution in [2.24, 2.45) is 7.05 Å². The van der Waals surface area contributed by atoms with Crippen molar-refractivity contribution in [2.75, 3.05) is 0 Å². The second kappa shape index (κ2) is 3.04. The molecule has 0 atom stereocenters. The Morgan fingerprint density at radius 2 is 2.17 bits per heavy atom. The van der Waals surface area contributed by atoms with Gasteiger partial charge in [-0.2, -0.15) is 0 Å². The van der Waals surface area contributed by atoms with E-state index in [-0.39, 0.29) is 0 Å². The summed E-state index contributed by atoms with van der Waals surface area (Å²) in [4.78, 5) is 0. The third-order valence-corrected chi connectivity index (χ3v) is 1.44. The third-order valence-electron chi connectivity index (χ3n) is 1.44. The van der Waals surface area contributed by atoms with Gasteiger partial charge >= 0.3 is 0 Å². The first-order valence-electron chi connectivity index (χ1n) is 3.86. The van der Waals surface area contributed by atoms with E-state index in [1.807, 2.05) is 29.9 Å². The van der Waals surface area contributed by atoms with Crippen LogP contribution in [0.25, 0.3) is 0 Å². The average molecular weight is 163 g/mol. The predicted octanol–water partition coefficient (Wildman–Crippen LogP) is 1.15. The number of hydrogen-bond donors (Lipinski definition) is 1. The van der Waals surface area contributed by atoms with E-state index in [0.717, 1.165) is 5.69 Å². The van der Waals surface area contributed by atoms with Crippen molar-refractivity contribution in [3.63, 3.8) is 0 Å². The predicted molar refractivity (Wildman–Crippen MR) is 48.6 cm³/mol. The van der Waals surface area contributed by atoms with E-state index >= 15 is 0 Å². The topological polar surface area (TPSA) is 25.2 Å². The highest BCUT2D eigenvalue weighted by Crippen LogP contribution is 2.00. The monoisotopic (exact) mass is 163 g/mol. The molecule has 1 rings (SSSR count). The van der Waals surface area contributed by atoms with Crippen molar-refractivity contribution < 1.29 is 5.11 Å². The van der Waals surface area contributed by atoms with E-state index in [0.29, 0.717) is 0 Å². The first kappa shape index (κ1) is 8.89. The molecule has 1 N–H and O–H groups in total. The second-order valence-electron chi connectivity index (χ2n) is 3.31. The van der Waals surface area contributed by atoms with Crippen LogP contribution in [-0.4, -0.2) is 15.3 Å². The molecule has 0 aliphatic heterocycles. The zero-order chi connectivity index (χ0) is 9.19. The van der Waals surface area contributed by atoms with Gasteiger partial charge in [0.15, 0.2) is 0 Å². The Balaban J connectivity index is 2.87. The highest BCUT2D eigenvalue weighted by molar-refractivity contribution is 5.31. The lowest BCUT2D eigenvalue weighted by Crippen LogP contribution is -2.14. The molecule has 0 aromatic carbocycles. The zero-order valence-corrected chi connectivity index (χ0v) is 7.63. The van der Waals surface area contributed by atoms with Gasteiger partial charge in [0.2, 0.25) is 0 Å². The summed E-state index contributed by atoms with van der Waals surface area (Å²) >= 11 is 0. The van der Waals surface area contributed by atoms with Gasteiger partial charge in [0.1, 0.15) is 5.60 Å². The van der Waals surface area contributed by atoms with Gasteiger partial charge < -0.3 is 9.67 Å². The van der Waals surface area contributed by atoms with Crippen molar-refractivity contribution in [3.05, 3.63) is 24.0 Å². The normalized spacial score (nSPS) is 10.7. The Morgan fingerprint density at radius 1 is 1.50 bits per heavy atom. The van der Waals surface area contributed by atoms with E-state index in [4.69, 9.17) is 0 Å². The molecule has 0 aliphatic rings. The third kappa shape index (κ3) is 2.44. The standard InChI is InChI=1S/C10H13NO/c1-10(2,12)7-6-9-5-4-8-11(9)3/h4-5,8,12H,1-3H3. The van der Waals surface area contributed by atoms with Crippen molar-refractivity contribution >= 4 is 0 Å². The van der Waals surface area contributed by atoms with Crippen LogP contribution in [-0.2, 0) is 7.05 Å². The molecule has 0 unspecified atom stereocenters. The van der Waals surface area contributed by atoms with Crippen molar-refractivity contribution in [1.29, 1.82) is 0 Å². The molecule has 0 radical (unpaired) electrons. The molecule has 0 fully saturated rings. The summed E-state index contributed by atoms with van der Waals surface area (Å²) in [6.45, 7) is 3.34. The van der Waals surface area contributed by atoms with Crippen LogP contribution < -0.4 is 0 Å². The lowest BCUT2D eigenvalue weighted by Gasteiger charge is -2.05. The van der Waals surface area contributed by atoms with Crippen LogP contribution in [0.1, 0.15) is 19.5 Å². The van der Waals surface area contributed by atoms with E-state index in [9.17, 15) is 5.11 Å². The van der Waals surface area contributed by atoms with Crippen molar-refractivity contribution in [1.82, 2.24) is 4.57 Å². The summed E-state index contributed by atoms with van der Waals surface area (Å²) in [6, 6.07) is 3.84. The summed E-state index contributed by atoms with van der Waals surface area (Å²) in [5.41, 5.74) is 0.00157. The van der Waals surface area contributed by atoms with E-state index in [1.165, 1.54) is 0 Å². The fraction of sp³-hybridized carbons (Fsp3) is 0.400. The molecule has 1 heterocycles. The molecule has 12 heavy (non-hydrogen) atoms. The molecule has 2 nitrogen and oxygen atoms in total. The Bertz CT molecular complexity index is 320. The fourth-order valence-electron chi connectivity index (χ4n) is 0.808. The number of aryl methyl sites for hydroxylation is 1. The maximum Gasteiger partial charge on any atom is 0.120 e. The molecule has 0 bridgehead atoms. The SMILES string of the molecule is Cn1cccc1C#CC(C)(C)O. The second-order valence-corrected chi connectivity index (χ2v) is 3.31. The van der Waals surface area contributed by atoms with Gasteiger partial charge in [-0.25, -0.2) is 0 Å². The summed E-state index contributed by atoms with van der Waals surface area (Å²) in [5, 5.41) is 9.32. The smallest absolute Gasteiger partial charge is 0.120 e. The van der Waals surface area contributed by atoms with Gasteiger partial charge in [0.25, 0.3) is 0 Å². The molecule has 2 heteroatoms. The van der Waals surface area contributed by atoms with Gasteiger partial charge in [-0.05, 0) is 31.9 Å². The first-order chi connectivity index (χ1) is 5.49. The maximum atomic E-state index is 9.32. The highest BCUT2D eigenvalue weighted by Gasteiger charge is 2.05. The van der Waals surface area contributed by atoms with Gasteiger partial charge in [0, 0.05) is 13.2 Å². The van der Waals surface area contributed by atoms with Gasteiger partial charge in [-0.15, -0.1) is 0 Å². The number of nitrogens with zero attached hydrogens (tertiary/aromatic N) is 1. The molecule has 0 spiro atoms. The molecule has 1 aromatic rings. The van der Waals surface area contributed by atoms with Crippen LogP contribution in [0.2, 0.25) is 0 Å². The molecule has 0 amide bonds. The fourth-order valence-corrected chi connectivity index (χ4v) is 0.808. The van der Waals surface area contributed by atoms with Crippen LogP contribution in [0.5, 0.6) is 0 Å². The van der Waals surface area contributed by atoms with Crippen LogP contribution >= 0.6 is 0 Å². The summed E-state index contributed by atoms with van der Waals surface area (Å²) < 4.78 is 1.92. The molecule has 1 aromatic heterocycles. The van der Waals surface area contributed by atoms with Crippen molar-refractivity contribution in [3.8, 4) is 11.8 Å². The minimum absolute atomic E-state index is 0.912. The largest absolute Gasteiger partial charge is 0.378 e. The Hall–Kier alpha value is -1.20. The lowest BCUT2D eigenvalue weighted by molar-refractivity contribution is 0.143. The molecule has 0 saturated heterocycles. The maximum absolute atomic E-state index is 9.32.